The van der Waals surface area contributed by atoms with Crippen LogP contribution in [-0.2, 0) is 4.79 Å². The van der Waals surface area contributed by atoms with Gasteiger partial charge in [-0.2, -0.15) is 0 Å². The zero-order valence-electron chi connectivity index (χ0n) is 10.8. The summed E-state index contributed by atoms with van der Waals surface area (Å²) in [5, 5.41) is 2.85. The SMILES string of the molecule is C=CC(=O)NCC(C)(C)C[N+](C)(C)CC. The zero-order chi connectivity index (χ0) is 12.1. The van der Waals surface area contributed by atoms with E-state index in [4.69, 9.17) is 0 Å². The predicted molar refractivity (Wildman–Crippen MR) is 64.5 cm³/mol. The Kier molecular flexibility index (Phi) is 5.01. The molecule has 0 bridgehead atoms. The average molecular weight is 213 g/mol. The fourth-order valence-corrected chi connectivity index (χ4v) is 1.72. The molecule has 0 saturated carbocycles. The minimum Gasteiger partial charge on any atom is -0.352 e. The summed E-state index contributed by atoms with van der Waals surface area (Å²) in [5.74, 6) is -0.0927. The smallest absolute Gasteiger partial charge is 0.243 e. The van der Waals surface area contributed by atoms with E-state index in [1.54, 1.807) is 0 Å². The number of nitrogens with zero attached hydrogens (tertiary/aromatic N) is 1. The van der Waals surface area contributed by atoms with Crippen LogP contribution in [0.5, 0.6) is 0 Å². The summed E-state index contributed by atoms with van der Waals surface area (Å²) in [7, 11) is 4.41. The van der Waals surface area contributed by atoms with Gasteiger partial charge in [0.2, 0.25) is 5.91 Å². The van der Waals surface area contributed by atoms with E-state index in [0.717, 1.165) is 17.6 Å². The largest absolute Gasteiger partial charge is 0.352 e. The highest BCUT2D eigenvalue weighted by molar-refractivity contribution is 5.86. The Labute approximate surface area is 93.7 Å². The molecule has 0 radical (unpaired) electrons. The molecule has 15 heavy (non-hydrogen) atoms. The molecule has 1 N–H and O–H groups in total. The van der Waals surface area contributed by atoms with Crippen LogP contribution in [0.25, 0.3) is 0 Å². The Morgan fingerprint density at radius 1 is 1.47 bits per heavy atom. The van der Waals surface area contributed by atoms with Crippen molar-refractivity contribution in [2.24, 2.45) is 5.41 Å². The molecular weight excluding hydrogens is 188 g/mol. The maximum absolute atomic E-state index is 11.1. The number of hydrogen-bond donors (Lipinski definition) is 1. The van der Waals surface area contributed by atoms with E-state index >= 15 is 0 Å². The van der Waals surface area contributed by atoms with Crippen LogP contribution in [0.15, 0.2) is 12.7 Å². The highest BCUT2D eigenvalue weighted by Gasteiger charge is 2.27. The van der Waals surface area contributed by atoms with Gasteiger partial charge in [0.1, 0.15) is 0 Å². The number of carbonyl (C=O) groups excluding carboxylic acids is 1. The normalized spacial score (nSPS) is 12.3. The van der Waals surface area contributed by atoms with Crippen molar-refractivity contribution in [3.05, 3.63) is 12.7 Å². The van der Waals surface area contributed by atoms with E-state index < -0.39 is 0 Å². The maximum atomic E-state index is 11.1. The van der Waals surface area contributed by atoms with Crippen LogP contribution in [0.2, 0.25) is 0 Å². The molecule has 1 amide bonds. The van der Waals surface area contributed by atoms with Crippen molar-refractivity contribution in [3.63, 3.8) is 0 Å². The number of nitrogens with one attached hydrogen (secondary N) is 1. The van der Waals surface area contributed by atoms with Crippen LogP contribution in [0.1, 0.15) is 20.8 Å². The second-order valence-corrected chi connectivity index (χ2v) is 5.50. The second-order valence-electron chi connectivity index (χ2n) is 5.50. The first kappa shape index (κ1) is 14.2. The van der Waals surface area contributed by atoms with Gasteiger partial charge in [-0.3, -0.25) is 4.79 Å². The standard InChI is InChI=1S/C12H24N2O/c1-7-11(15)13-9-12(3,4)10-14(5,6)8-2/h7H,1,8-10H2,2-6H3/p+1. The van der Waals surface area contributed by atoms with Crippen LogP contribution >= 0.6 is 0 Å². The number of hydrogen-bond acceptors (Lipinski definition) is 1. The van der Waals surface area contributed by atoms with Gasteiger partial charge >= 0.3 is 0 Å². The monoisotopic (exact) mass is 213 g/mol. The highest BCUT2D eigenvalue weighted by Crippen LogP contribution is 2.18. The molecule has 0 fully saturated rings. The molecule has 0 aliphatic rings. The van der Waals surface area contributed by atoms with Gasteiger partial charge in [-0.25, -0.2) is 0 Å². The van der Waals surface area contributed by atoms with E-state index in [2.05, 4.69) is 46.8 Å². The highest BCUT2D eigenvalue weighted by atomic mass is 16.1. The average Bonchev–Trinajstić information content (AvgIpc) is 2.13. The molecule has 0 aromatic heterocycles. The lowest BCUT2D eigenvalue weighted by Crippen LogP contribution is -2.49. The topological polar surface area (TPSA) is 29.1 Å². The zero-order valence-corrected chi connectivity index (χ0v) is 10.8. The first-order chi connectivity index (χ1) is 6.72. The van der Waals surface area contributed by atoms with Crippen molar-refractivity contribution in [2.45, 2.75) is 20.8 Å². The van der Waals surface area contributed by atoms with Crippen molar-refractivity contribution in [1.82, 2.24) is 5.32 Å². The van der Waals surface area contributed by atoms with Crippen molar-refractivity contribution < 1.29 is 9.28 Å². The Morgan fingerprint density at radius 3 is 2.40 bits per heavy atom. The van der Waals surface area contributed by atoms with Gasteiger partial charge in [-0.05, 0) is 13.0 Å². The van der Waals surface area contributed by atoms with E-state index in [-0.39, 0.29) is 11.3 Å². The van der Waals surface area contributed by atoms with E-state index in [9.17, 15) is 4.79 Å². The first-order valence-corrected chi connectivity index (χ1v) is 5.45. The molecule has 88 valence electrons. The summed E-state index contributed by atoms with van der Waals surface area (Å²) in [6.45, 7) is 12.8. The van der Waals surface area contributed by atoms with E-state index in [1.165, 1.54) is 6.08 Å². The molecule has 0 aliphatic carbocycles. The Morgan fingerprint density at radius 2 is 2.00 bits per heavy atom. The fraction of sp³-hybridized carbons (Fsp3) is 0.750. The lowest BCUT2D eigenvalue weighted by molar-refractivity contribution is -0.894. The van der Waals surface area contributed by atoms with Crippen molar-refractivity contribution in [2.75, 3.05) is 33.7 Å². The first-order valence-electron chi connectivity index (χ1n) is 5.45. The quantitative estimate of drug-likeness (QED) is 0.524. The van der Waals surface area contributed by atoms with Crippen LogP contribution in [0.4, 0.5) is 0 Å². The third-order valence-corrected chi connectivity index (χ3v) is 2.64. The van der Waals surface area contributed by atoms with E-state index in [1.807, 2.05) is 0 Å². The van der Waals surface area contributed by atoms with Gasteiger partial charge in [0.15, 0.2) is 0 Å². The number of quaternary nitrogens is 1. The number of carbonyl (C=O) groups is 1. The van der Waals surface area contributed by atoms with Crippen LogP contribution in [0.3, 0.4) is 0 Å². The Bertz CT molecular complexity index is 232. The predicted octanol–water partition coefficient (Wildman–Crippen LogP) is 1.41. The van der Waals surface area contributed by atoms with Gasteiger partial charge in [0.05, 0.1) is 27.2 Å². The molecule has 0 heterocycles. The fourth-order valence-electron chi connectivity index (χ4n) is 1.72. The minimum atomic E-state index is -0.0927. The van der Waals surface area contributed by atoms with Gasteiger partial charge in [-0.15, -0.1) is 0 Å². The molecule has 3 nitrogen and oxygen atoms in total. The van der Waals surface area contributed by atoms with Crippen LogP contribution in [-0.4, -0.2) is 44.1 Å². The maximum Gasteiger partial charge on any atom is 0.243 e. The van der Waals surface area contributed by atoms with Gasteiger partial charge < -0.3 is 9.80 Å². The van der Waals surface area contributed by atoms with Crippen molar-refractivity contribution >= 4 is 5.91 Å². The summed E-state index contributed by atoms with van der Waals surface area (Å²) in [5.41, 5.74) is 0.109. The second kappa shape index (κ2) is 5.31. The third kappa shape index (κ3) is 6.28. The third-order valence-electron chi connectivity index (χ3n) is 2.64. The van der Waals surface area contributed by atoms with Crippen LogP contribution < -0.4 is 5.32 Å². The summed E-state index contributed by atoms with van der Waals surface area (Å²) >= 11 is 0. The summed E-state index contributed by atoms with van der Waals surface area (Å²) < 4.78 is 0.969. The minimum absolute atomic E-state index is 0.0927. The van der Waals surface area contributed by atoms with Gasteiger partial charge in [-0.1, -0.05) is 20.4 Å². The number of amides is 1. The molecular formula is C12H25N2O+. The summed E-state index contributed by atoms with van der Waals surface area (Å²) in [6, 6.07) is 0. The molecule has 0 aromatic carbocycles. The molecule has 3 heteroatoms. The van der Waals surface area contributed by atoms with E-state index in [0.29, 0.717) is 6.54 Å². The molecule has 0 unspecified atom stereocenters. The summed E-state index contributed by atoms with van der Waals surface area (Å²) in [4.78, 5) is 11.1. The van der Waals surface area contributed by atoms with Crippen LogP contribution in [0, 0.1) is 5.41 Å². The van der Waals surface area contributed by atoms with Gasteiger partial charge in [0, 0.05) is 12.0 Å². The van der Waals surface area contributed by atoms with Crippen molar-refractivity contribution in [1.29, 1.82) is 0 Å². The molecule has 0 aromatic rings. The van der Waals surface area contributed by atoms with Gasteiger partial charge in [0.25, 0.3) is 0 Å². The Hall–Kier alpha value is -0.830. The lowest BCUT2D eigenvalue weighted by atomic mass is 9.92. The molecule has 0 aliphatic heterocycles. The lowest BCUT2D eigenvalue weighted by Gasteiger charge is -2.36. The number of rotatable bonds is 6. The molecule has 0 atom stereocenters. The molecule has 0 spiro atoms. The Balaban J connectivity index is 4.18. The summed E-state index contributed by atoms with van der Waals surface area (Å²) in [6.07, 6.45) is 1.32. The van der Waals surface area contributed by atoms with Crippen molar-refractivity contribution in [3.8, 4) is 0 Å². The molecule has 0 saturated heterocycles. The molecule has 0 rings (SSSR count).